The average molecular weight is 230 g/mol. The van der Waals surface area contributed by atoms with Crippen LogP contribution in [0, 0.1) is 5.82 Å². The van der Waals surface area contributed by atoms with Gasteiger partial charge in [-0.25, -0.2) is 9.18 Å². The second-order valence-electron chi connectivity index (χ2n) is 2.81. The van der Waals surface area contributed by atoms with Gasteiger partial charge in [-0.15, -0.1) is 6.58 Å². The zero-order valence-electron chi connectivity index (χ0n) is 7.71. The molecule has 1 atom stereocenters. The molecule has 0 aliphatic carbocycles. The molecule has 80 valence electrons. The van der Waals surface area contributed by atoms with E-state index in [0.29, 0.717) is 0 Å². The van der Waals surface area contributed by atoms with Crippen molar-refractivity contribution in [3.05, 3.63) is 47.3 Å². The molecule has 1 amide bonds. The molecule has 1 aromatic rings. The third-order valence-corrected chi connectivity index (χ3v) is 2.12. The van der Waals surface area contributed by atoms with Crippen LogP contribution in [0.25, 0.3) is 0 Å². The standard InChI is InChI=1S/C10H9ClFNO2/c1-2-8(13-10(14)15)6-4-3-5-7(11)9(6)12/h2-5,8,13H,1H2,(H,14,15). The van der Waals surface area contributed by atoms with Crippen LogP contribution in [0.1, 0.15) is 11.6 Å². The van der Waals surface area contributed by atoms with Gasteiger partial charge in [-0.3, -0.25) is 0 Å². The highest BCUT2D eigenvalue weighted by molar-refractivity contribution is 6.30. The van der Waals surface area contributed by atoms with Crippen molar-refractivity contribution >= 4 is 17.7 Å². The summed E-state index contributed by atoms with van der Waals surface area (Å²) in [5.74, 6) is -0.641. The Morgan fingerprint density at radius 1 is 1.67 bits per heavy atom. The SMILES string of the molecule is C=CC(NC(=O)O)c1cccc(Cl)c1F. The Balaban J connectivity index is 3.06. The topological polar surface area (TPSA) is 49.3 Å². The Labute approximate surface area is 91.2 Å². The summed E-state index contributed by atoms with van der Waals surface area (Å²) < 4.78 is 13.5. The van der Waals surface area contributed by atoms with Crippen molar-refractivity contribution < 1.29 is 14.3 Å². The van der Waals surface area contributed by atoms with Gasteiger partial charge in [0.25, 0.3) is 0 Å². The molecule has 0 fully saturated rings. The second-order valence-corrected chi connectivity index (χ2v) is 3.21. The predicted molar refractivity (Wildman–Crippen MR) is 55.5 cm³/mol. The fourth-order valence-electron chi connectivity index (χ4n) is 1.16. The van der Waals surface area contributed by atoms with Crippen LogP contribution in [0.5, 0.6) is 0 Å². The first-order valence-electron chi connectivity index (χ1n) is 4.12. The minimum Gasteiger partial charge on any atom is -0.465 e. The molecule has 1 rings (SSSR count). The van der Waals surface area contributed by atoms with Crippen LogP contribution in [-0.4, -0.2) is 11.2 Å². The van der Waals surface area contributed by atoms with Gasteiger partial charge in [0.05, 0.1) is 11.1 Å². The maximum absolute atomic E-state index is 13.5. The van der Waals surface area contributed by atoms with Gasteiger partial charge >= 0.3 is 6.09 Å². The minimum absolute atomic E-state index is 0.0495. The van der Waals surface area contributed by atoms with E-state index in [-0.39, 0.29) is 10.6 Å². The van der Waals surface area contributed by atoms with Crippen molar-refractivity contribution in [2.45, 2.75) is 6.04 Å². The summed E-state index contributed by atoms with van der Waals surface area (Å²) in [7, 11) is 0. The molecule has 0 aliphatic rings. The number of hydrogen-bond acceptors (Lipinski definition) is 1. The maximum atomic E-state index is 13.5. The first kappa shape index (κ1) is 11.5. The zero-order chi connectivity index (χ0) is 11.4. The molecule has 3 nitrogen and oxygen atoms in total. The van der Waals surface area contributed by atoms with Gasteiger partial charge in [0.1, 0.15) is 5.82 Å². The molecule has 0 heterocycles. The molecule has 0 spiro atoms. The van der Waals surface area contributed by atoms with Crippen molar-refractivity contribution in [1.82, 2.24) is 5.32 Å². The lowest BCUT2D eigenvalue weighted by Crippen LogP contribution is -2.25. The first-order chi connectivity index (χ1) is 7.06. The van der Waals surface area contributed by atoms with E-state index in [1.54, 1.807) is 6.07 Å². The van der Waals surface area contributed by atoms with Crippen molar-refractivity contribution in [3.8, 4) is 0 Å². The van der Waals surface area contributed by atoms with Crippen molar-refractivity contribution in [3.63, 3.8) is 0 Å². The van der Waals surface area contributed by atoms with Crippen LogP contribution in [0.4, 0.5) is 9.18 Å². The smallest absolute Gasteiger partial charge is 0.405 e. The van der Waals surface area contributed by atoms with Gasteiger partial charge in [0.2, 0.25) is 0 Å². The number of halogens is 2. The van der Waals surface area contributed by atoms with Crippen LogP contribution >= 0.6 is 11.6 Å². The minimum atomic E-state index is -1.25. The highest BCUT2D eigenvalue weighted by Crippen LogP contribution is 2.23. The first-order valence-corrected chi connectivity index (χ1v) is 4.50. The third-order valence-electron chi connectivity index (χ3n) is 1.83. The fourth-order valence-corrected chi connectivity index (χ4v) is 1.34. The number of hydrogen-bond donors (Lipinski definition) is 2. The lowest BCUT2D eigenvalue weighted by atomic mass is 10.1. The van der Waals surface area contributed by atoms with Crippen LogP contribution < -0.4 is 5.32 Å². The summed E-state index contributed by atoms with van der Waals surface area (Å²) in [5.41, 5.74) is 0.153. The van der Waals surface area contributed by atoms with E-state index < -0.39 is 18.0 Å². The average Bonchev–Trinajstić information content (AvgIpc) is 2.19. The molecule has 0 radical (unpaired) electrons. The van der Waals surface area contributed by atoms with Gasteiger partial charge < -0.3 is 10.4 Å². The van der Waals surface area contributed by atoms with Gasteiger partial charge in [-0.1, -0.05) is 29.8 Å². The Bertz CT molecular complexity index is 395. The number of rotatable bonds is 3. The summed E-state index contributed by atoms with van der Waals surface area (Å²) in [5, 5.41) is 10.6. The number of benzene rings is 1. The molecule has 1 unspecified atom stereocenters. The Morgan fingerprint density at radius 2 is 2.33 bits per heavy atom. The summed E-state index contributed by atoms with van der Waals surface area (Å²) in [6.07, 6.45) is 0.0438. The molecule has 0 saturated carbocycles. The van der Waals surface area contributed by atoms with E-state index >= 15 is 0 Å². The van der Waals surface area contributed by atoms with E-state index in [1.165, 1.54) is 18.2 Å². The van der Waals surface area contributed by atoms with E-state index in [1.807, 2.05) is 0 Å². The number of nitrogens with one attached hydrogen (secondary N) is 1. The van der Waals surface area contributed by atoms with Gasteiger partial charge in [-0.05, 0) is 6.07 Å². The Morgan fingerprint density at radius 3 is 2.87 bits per heavy atom. The molecule has 0 saturated heterocycles. The van der Waals surface area contributed by atoms with Crippen LogP contribution in [0.2, 0.25) is 5.02 Å². The van der Waals surface area contributed by atoms with E-state index in [2.05, 4.69) is 11.9 Å². The largest absolute Gasteiger partial charge is 0.465 e. The van der Waals surface area contributed by atoms with Crippen molar-refractivity contribution in [2.24, 2.45) is 0 Å². The lowest BCUT2D eigenvalue weighted by molar-refractivity contribution is 0.192. The monoisotopic (exact) mass is 229 g/mol. The summed E-state index contributed by atoms with van der Waals surface area (Å²) in [6, 6.07) is 3.58. The predicted octanol–water partition coefficient (Wildman–Crippen LogP) is 2.97. The molecular formula is C10H9ClFNO2. The van der Waals surface area contributed by atoms with E-state index in [4.69, 9.17) is 16.7 Å². The number of amides is 1. The summed E-state index contributed by atoms with van der Waals surface area (Å²) in [6.45, 7) is 3.43. The number of carbonyl (C=O) groups is 1. The Kier molecular flexibility index (Phi) is 3.68. The molecule has 2 N–H and O–H groups in total. The maximum Gasteiger partial charge on any atom is 0.405 e. The summed E-state index contributed by atoms with van der Waals surface area (Å²) >= 11 is 5.57. The van der Waals surface area contributed by atoms with Gasteiger partial charge in [-0.2, -0.15) is 0 Å². The van der Waals surface area contributed by atoms with Crippen molar-refractivity contribution in [1.29, 1.82) is 0 Å². The third kappa shape index (κ3) is 2.70. The zero-order valence-corrected chi connectivity index (χ0v) is 8.46. The Hall–Kier alpha value is -1.55. The highest BCUT2D eigenvalue weighted by Gasteiger charge is 2.15. The lowest BCUT2D eigenvalue weighted by Gasteiger charge is -2.13. The van der Waals surface area contributed by atoms with Crippen LogP contribution in [-0.2, 0) is 0 Å². The highest BCUT2D eigenvalue weighted by atomic mass is 35.5. The quantitative estimate of drug-likeness (QED) is 0.783. The van der Waals surface area contributed by atoms with Gasteiger partial charge in [0.15, 0.2) is 0 Å². The van der Waals surface area contributed by atoms with E-state index in [9.17, 15) is 9.18 Å². The van der Waals surface area contributed by atoms with Crippen LogP contribution in [0.15, 0.2) is 30.9 Å². The normalized spacial score (nSPS) is 11.9. The van der Waals surface area contributed by atoms with Crippen LogP contribution in [0.3, 0.4) is 0 Å². The molecule has 5 heteroatoms. The molecular weight excluding hydrogens is 221 g/mol. The fraction of sp³-hybridized carbons (Fsp3) is 0.100. The molecule has 15 heavy (non-hydrogen) atoms. The molecule has 0 aliphatic heterocycles. The molecule has 0 bridgehead atoms. The van der Waals surface area contributed by atoms with Crippen molar-refractivity contribution in [2.75, 3.05) is 0 Å². The molecule has 1 aromatic carbocycles. The number of carboxylic acid groups (broad SMARTS) is 1. The molecule has 0 aromatic heterocycles. The van der Waals surface area contributed by atoms with E-state index in [0.717, 1.165) is 0 Å². The second kappa shape index (κ2) is 4.79. The van der Waals surface area contributed by atoms with Gasteiger partial charge in [0, 0.05) is 5.56 Å². The summed E-state index contributed by atoms with van der Waals surface area (Å²) in [4.78, 5) is 10.4.